The zero-order valence-corrected chi connectivity index (χ0v) is 7.80. The molecule has 0 saturated heterocycles. The number of hydrogen-bond acceptors (Lipinski definition) is 2. The van der Waals surface area contributed by atoms with E-state index < -0.39 is 0 Å². The van der Waals surface area contributed by atoms with Crippen LogP contribution in [0.3, 0.4) is 0 Å². The molecule has 0 aromatic heterocycles. The molecule has 2 atom stereocenters. The van der Waals surface area contributed by atoms with Crippen LogP contribution in [-0.4, -0.2) is 19.2 Å². The van der Waals surface area contributed by atoms with E-state index in [1.165, 1.54) is 26.4 Å². The van der Waals surface area contributed by atoms with Crippen LogP contribution in [0.5, 0.6) is 0 Å². The minimum Gasteiger partial charge on any atom is -0.453 e. The van der Waals surface area contributed by atoms with Gasteiger partial charge < -0.3 is 10.1 Å². The molecule has 1 amide bonds. The van der Waals surface area contributed by atoms with E-state index in [4.69, 9.17) is 0 Å². The second-order valence-corrected chi connectivity index (χ2v) is 3.50. The molecule has 0 spiro atoms. The van der Waals surface area contributed by atoms with E-state index in [1.807, 2.05) is 0 Å². The van der Waals surface area contributed by atoms with Crippen LogP contribution in [0.25, 0.3) is 0 Å². The lowest BCUT2D eigenvalue weighted by atomic mass is 9.86. The molecule has 1 unspecified atom stereocenters. The summed E-state index contributed by atoms with van der Waals surface area (Å²) in [6, 6.07) is 0.325. The molecule has 3 nitrogen and oxygen atoms in total. The number of alkyl carbamates (subject to hydrolysis) is 1. The Labute approximate surface area is 73.5 Å². The third-order valence-electron chi connectivity index (χ3n) is 2.60. The van der Waals surface area contributed by atoms with E-state index in [9.17, 15) is 4.79 Å². The molecule has 1 aliphatic carbocycles. The molecule has 0 radical (unpaired) electrons. The summed E-state index contributed by atoms with van der Waals surface area (Å²) in [5.74, 6) is 0.595. The SMILES string of the molecule is COC(=O)N[C@@H]1CCCCC1C. The maximum atomic E-state index is 10.9. The van der Waals surface area contributed by atoms with Gasteiger partial charge in [0.1, 0.15) is 0 Å². The maximum absolute atomic E-state index is 10.9. The van der Waals surface area contributed by atoms with Crippen molar-refractivity contribution in [1.82, 2.24) is 5.32 Å². The lowest BCUT2D eigenvalue weighted by molar-refractivity contribution is 0.156. The Balaban J connectivity index is 2.33. The van der Waals surface area contributed by atoms with Crippen LogP contribution in [0.2, 0.25) is 0 Å². The highest BCUT2D eigenvalue weighted by Crippen LogP contribution is 2.23. The normalized spacial score (nSPS) is 29.5. The topological polar surface area (TPSA) is 38.3 Å². The highest BCUT2D eigenvalue weighted by molar-refractivity contribution is 5.67. The van der Waals surface area contributed by atoms with Gasteiger partial charge >= 0.3 is 6.09 Å². The Morgan fingerprint density at radius 3 is 2.67 bits per heavy atom. The minimum atomic E-state index is -0.297. The number of carbonyl (C=O) groups is 1. The summed E-state index contributed by atoms with van der Waals surface area (Å²) in [5, 5.41) is 2.86. The second-order valence-electron chi connectivity index (χ2n) is 3.50. The van der Waals surface area contributed by atoms with Crippen LogP contribution in [-0.2, 0) is 4.74 Å². The van der Waals surface area contributed by atoms with Gasteiger partial charge in [0, 0.05) is 6.04 Å². The summed E-state index contributed by atoms with van der Waals surface area (Å²) in [7, 11) is 1.41. The van der Waals surface area contributed by atoms with Crippen molar-refractivity contribution >= 4 is 6.09 Å². The van der Waals surface area contributed by atoms with Crippen LogP contribution >= 0.6 is 0 Å². The molecule has 1 aliphatic rings. The Kier molecular flexibility index (Phi) is 3.38. The van der Waals surface area contributed by atoms with E-state index >= 15 is 0 Å². The zero-order chi connectivity index (χ0) is 8.97. The van der Waals surface area contributed by atoms with Gasteiger partial charge in [-0.25, -0.2) is 4.79 Å². The highest BCUT2D eigenvalue weighted by atomic mass is 16.5. The van der Waals surface area contributed by atoms with E-state index in [0.717, 1.165) is 6.42 Å². The largest absolute Gasteiger partial charge is 0.453 e. The standard InChI is InChI=1S/C9H17NO2/c1-7-5-3-4-6-8(7)10-9(11)12-2/h7-8H,3-6H2,1-2H3,(H,10,11)/t7?,8-/m1/s1. The third-order valence-corrected chi connectivity index (χ3v) is 2.60. The van der Waals surface area contributed by atoms with E-state index in [2.05, 4.69) is 17.0 Å². The van der Waals surface area contributed by atoms with Crippen molar-refractivity contribution in [3.8, 4) is 0 Å². The fraction of sp³-hybridized carbons (Fsp3) is 0.889. The Hall–Kier alpha value is -0.730. The first-order valence-electron chi connectivity index (χ1n) is 4.58. The highest BCUT2D eigenvalue weighted by Gasteiger charge is 2.22. The van der Waals surface area contributed by atoms with Crippen molar-refractivity contribution in [2.75, 3.05) is 7.11 Å². The summed E-state index contributed by atoms with van der Waals surface area (Å²) in [6.07, 6.45) is 4.53. The van der Waals surface area contributed by atoms with Crippen molar-refractivity contribution < 1.29 is 9.53 Å². The van der Waals surface area contributed by atoms with Crippen LogP contribution < -0.4 is 5.32 Å². The lowest BCUT2D eigenvalue weighted by Crippen LogP contribution is -2.40. The summed E-state index contributed by atoms with van der Waals surface area (Å²) in [5.41, 5.74) is 0. The molecule has 12 heavy (non-hydrogen) atoms. The summed E-state index contributed by atoms with van der Waals surface area (Å²) in [4.78, 5) is 10.9. The monoisotopic (exact) mass is 171 g/mol. The molecule has 0 heterocycles. The summed E-state index contributed by atoms with van der Waals surface area (Å²) >= 11 is 0. The number of hydrogen-bond donors (Lipinski definition) is 1. The van der Waals surface area contributed by atoms with Gasteiger partial charge in [0.25, 0.3) is 0 Å². The van der Waals surface area contributed by atoms with Gasteiger partial charge in [-0.3, -0.25) is 0 Å². The van der Waals surface area contributed by atoms with Crippen molar-refractivity contribution in [2.45, 2.75) is 38.6 Å². The molecular formula is C9H17NO2. The predicted molar refractivity (Wildman–Crippen MR) is 47.0 cm³/mol. The molecule has 0 aliphatic heterocycles. The quantitative estimate of drug-likeness (QED) is 0.654. The Morgan fingerprint density at radius 2 is 2.08 bits per heavy atom. The fourth-order valence-corrected chi connectivity index (χ4v) is 1.74. The van der Waals surface area contributed by atoms with Gasteiger partial charge in [-0.15, -0.1) is 0 Å². The van der Waals surface area contributed by atoms with Crippen LogP contribution in [0.4, 0.5) is 4.79 Å². The zero-order valence-electron chi connectivity index (χ0n) is 7.80. The number of amides is 1. The van der Waals surface area contributed by atoms with Gasteiger partial charge in [0.05, 0.1) is 7.11 Å². The van der Waals surface area contributed by atoms with Crippen molar-refractivity contribution in [3.63, 3.8) is 0 Å². The molecule has 1 rings (SSSR count). The molecule has 0 bridgehead atoms. The maximum Gasteiger partial charge on any atom is 0.407 e. The number of rotatable bonds is 1. The number of methoxy groups -OCH3 is 1. The van der Waals surface area contributed by atoms with Gasteiger partial charge in [-0.05, 0) is 18.8 Å². The van der Waals surface area contributed by atoms with E-state index in [0.29, 0.717) is 12.0 Å². The summed E-state index contributed by atoms with van der Waals surface area (Å²) in [6.45, 7) is 2.18. The van der Waals surface area contributed by atoms with Gasteiger partial charge in [-0.2, -0.15) is 0 Å². The smallest absolute Gasteiger partial charge is 0.407 e. The number of nitrogens with one attached hydrogen (secondary N) is 1. The third kappa shape index (κ3) is 2.40. The van der Waals surface area contributed by atoms with E-state index in [1.54, 1.807) is 0 Å². The Bertz CT molecular complexity index is 159. The minimum absolute atomic E-state index is 0.297. The molecule has 3 heteroatoms. The van der Waals surface area contributed by atoms with Crippen LogP contribution in [0.15, 0.2) is 0 Å². The average molecular weight is 171 g/mol. The molecule has 1 N–H and O–H groups in total. The predicted octanol–water partition coefficient (Wildman–Crippen LogP) is 1.92. The van der Waals surface area contributed by atoms with Crippen molar-refractivity contribution in [1.29, 1.82) is 0 Å². The van der Waals surface area contributed by atoms with Crippen molar-refractivity contribution in [3.05, 3.63) is 0 Å². The van der Waals surface area contributed by atoms with Gasteiger partial charge in [0.2, 0.25) is 0 Å². The first kappa shape index (κ1) is 9.36. The molecule has 0 aromatic rings. The molecule has 0 aromatic carbocycles. The van der Waals surface area contributed by atoms with Crippen molar-refractivity contribution in [2.24, 2.45) is 5.92 Å². The number of carbonyl (C=O) groups excluding carboxylic acids is 1. The average Bonchev–Trinajstić information content (AvgIpc) is 2.09. The van der Waals surface area contributed by atoms with Crippen LogP contribution in [0.1, 0.15) is 32.6 Å². The van der Waals surface area contributed by atoms with Crippen LogP contribution in [0, 0.1) is 5.92 Å². The molecule has 70 valence electrons. The number of ether oxygens (including phenoxy) is 1. The Morgan fingerprint density at radius 1 is 1.42 bits per heavy atom. The first-order valence-corrected chi connectivity index (χ1v) is 4.58. The fourth-order valence-electron chi connectivity index (χ4n) is 1.74. The second kappa shape index (κ2) is 4.33. The van der Waals surface area contributed by atoms with E-state index in [-0.39, 0.29) is 6.09 Å². The summed E-state index contributed by atoms with van der Waals surface area (Å²) < 4.78 is 4.55. The molecule has 1 saturated carbocycles. The first-order chi connectivity index (χ1) is 5.74. The lowest BCUT2D eigenvalue weighted by Gasteiger charge is -2.28. The molecular weight excluding hydrogens is 154 g/mol. The van der Waals surface area contributed by atoms with Gasteiger partial charge in [0.15, 0.2) is 0 Å². The molecule has 1 fully saturated rings. The van der Waals surface area contributed by atoms with Gasteiger partial charge in [-0.1, -0.05) is 19.8 Å².